The van der Waals surface area contributed by atoms with E-state index in [1.54, 1.807) is 6.07 Å². The lowest BCUT2D eigenvalue weighted by atomic mass is 10.1. The molecule has 1 saturated carbocycles. The molecule has 0 aliphatic heterocycles. The van der Waals surface area contributed by atoms with Crippen LogP contribution in [0.2, 0.25) is 0 Å². The first kappa shape index (κ1) is 12.2. The molecule has 0 aromatic carbocycles. The van der Waals surface area contributed by atoms with Crippen molar-refractivity contribution in [2.75, 3.05) is 11.9 Å². The average Bonchev–Trinajstić information content (AvgIpc) is 2.78. The van der Waals surface area contributed by atoms with Crippen LogP contribution in [0.15, 0.2) is 18.2 Å². The monoisotopic (exact) mass is 244 g/mol. The van der Waals surface area contributed by atoms with Crippen molar-refractivity contribution < 1.29 is 13.2 Å². The van der Waals surface area contributed by atoms with Crippen LogP contribution < -0.4 is 5.32 Å². The highest BCUT2D eigenvalue weighted by Crippen LogP contribution is 2.28. The van der Waals surface area contributed by atoms with Gasteiger partial charge in [0.05, 0.1) is 0 Å². The second-order valence-electron chi connectivity index (χ2n) is 4.44. The van der Waals surface area contributed by atoms with Crippen LogP contribution in [0.3, 0.4) is 0 Å². The molecule has 2 nitrogen and oxygen atoms in total. The van der Waals surface area contributed by atoms with E-state index < -0.39 is 11.9 Å². The van der Waals surface area contributed by atoms with E-state index in [1.807, 2.05) is 0 Å². The lowest BCUT2D eigenvalue weighted by molar-refractivity contribution is -0.141. The summed E-state index contributed by atoms with van der Waals surface area (Å²) in [5, 5.41) is 2.99. The minimum absolute atomic E-state index is 0.312. The van der Waals surface area contributed by atoms with Gasteiger partial charge in [0, 0.05) is 6.54 Å². The maximum absolute atomic E-state index is 12.4. The number of pyridine rings is 1. The van der Waals surface area contributed by atoms with Gasteiger partial charge in [0.15, 0.2) is 0 Å². The third-order valence-corrected chi connectivity index (χ3v) is 3.09. The summed E-state index contributed by atoms with van der Waals surface area (Å²) in [4.78, 5) is 3.57. The van der Waals surface area contributed by atoms with E-state index in [0.717, 1.165) is 18.9 Å². The van der Waals surface area contributed by atoms with Gasteiger partial charge < -0.3 is 5.32 Å². The predicted molar refractivity (Wildman–Crippen MR) is 59.7 cm³/mol. The van der Waals surface area contributed by atoms with Crippen molar-refractivity contribution >= 4 is 5.82 Å². The molecular formula is C12H15F3N2. The van der Waals surface area contributed by atoms with Crippen LogP contribution in [-0.2, 0) is 6.18 Å². The first-order valence-electron chi connectivity index (χ1n) is 5.84. The third-order valence-electron chi connectivity index (χ3n) is 3.09. The zero-order valence-corrected chi connectivity index (χ0v) is 9.43. The largest absolute Gasteiger partial charge is 0.433 e. The Bertz CT molecular complexity index is 370. The Kier molecular flexibility index (Phi) is 3.54. The molecule has 5 heteroatoms. The number of alkyl halides is 3. The van der Waals surface area contributed by atoms with Crippen molar-refractivity contribution in [3.8, 4) is 0 Å². The minimum atomic E-state index is -4.37. The highest BCUT2D eigenvalue weighted by molar-refractivity contribution is 5.35. The van der Waals surface area contributed by atoms with Gasteiger partial charge >= 0.3 is 6.18 Å². The standard InChI is InChI=1S/C12H15F3N2/c13-12(14,15)10-6-3-7-11(17-10)16-8-9-4-1-2-5-9/h3,6-7,9H,1-2,4-5,8H2,(H,16,17). The van der Waals surface area contributed by atoms with Gasteiger partial charge in [0.25, 0.3) is 0 Å². The smallest absolute Gasteiger partial charge is 0.370 e. The Labute approximate surface area is 98.2 Å². The molecule has 1 aliphatic rings. The zero-order valence-electron chi connectivity index (χ0n) is 9.43. The molecule has 0 amide bonds. The number of anilines is 1. The molecule has 0 unspecified atom stereocenters. The van der Waals surface area contributed by atoms with Crippen molar-refractivity contribution in [1.82, 2.24) is 4.98 Å². The molecule has 1 aromatic heterocycles. The molecule has 17 heavy (non-hydrogen) atoms. The summed E-state index contributed by atoms with van der Waals surface area (Å²) in [6, 6.07) is 3.94. The lowest BCUT2D eigenvalue weighted by Gasteiger charge is -2.12. The molecule has 0 atom stereocenters. The fraction of sp³-hybridized carbons (Fsp3) is 0.583. The number of nitrogens with zero attached hydrogens (tertiary/aromatic N) is 1. The van der Waals surface area contributed by atoms with E-state index in [1.165, 1.54) is 18.9 Å². The SMILES string of the molecule is FC(F)(F)c1cccc(NCC2CCCC2)n1. The number of hydrogen-bond acceptors (Lipinski definition) is 2. The van der Waals surface area contributed by atoms with Crippen molar-refractivity contribution in [1.29, 1.82) is 0 Å². The topological polar surface area (TPSA) is 24.9 Å². The summed E-state index contributed by atoms with van der Waals surface area (Å²) in [6.07, 6.45) is 0.397. The van der Waals surface area contributed by atoms with Crippen LogP contribution in [0, 0.1) is 5.92 Å². The summed E-state index contributed by atoms with van der Waals surface area (Å²) < 4.78 is 37.3. The normalized spacial score (nSPS) is 17.4. The zero-order chi connectivity index (χ0) is 12.3. The summed E-state index contributed by atoms with van der Waals surface area (Å²) in [5.74, 6) is 0.887. The van der Waals surface area contributed by atoms with Crippen LogP contribution in [0.25, 0.3) is 0 Å². The van der Waals surface area contributed by atoms with Gasteiger partial charge in [-0.05, 0) is 30.9 Å². The summed E-state index contributed by atoms with van der Waals surface area (Å²) in [6.45, 7) is 0.717. The van der Waals surface area contributed by atoms with Crippen molar-refractivity contribution in [3.63, 3.8) is 0 Å². The molecule has 0 saturated heterocycles. The molecule has 0 radical (unpaired) electrons. The van der Waals surface area contributed by atoms with Gasteiger partial charge in [-0.15, -0.1) is 0 Å². The first-order chi connectivity index (χ1) is 8.05. The molecule has 1 heterocycles. The molecule has 1 fully saturated rings. The quantitative estimate of drug-likeness (QED) is 0.876. The fourth-order valence-corrected chi connectivity index (χ4v) is 2.15. The Balaban J connectivity index is 1.96. The second kappa shape index (κ2) is 4.94. The van der Waals surface area contributed by atoms with E-state index in [0.29, 0.717) is 18.3 Å². The van der Waals surface area contributed by atoms with Gasteiger partial charge in [-0.2, -0.15) is 13.2 Å². The van der Waals surface area contributed by atoms with Crippen LogP contribution in [-0.4, -0.2) is 11.5 Å². The fourth-order valence-electron chi connectivity index (χ4n) is 2.15. The molecule has 1 N–H and O–H groups in total. The van der Waals surface area contributed by atoms with E-state index in [-0.39, 0.29) is 0 Å². The number of rotatable bonds is 3. The van der Waals surface area contributed by atoms with Gasteiger partial charge in [-0.25, -0.2) is 4.98 Å². The van der Waals surface area contributed by atoms with Crippen LogP contribution >= 0.6 is 0 Å². The number of nitrogens with one attached hydrogen (secondary N) is 1. The molecule has 2 rings (SSSR count). The summed E-state index contributed by atoms with van der Waals surface area (Å²) >= 11 is 0. The van der Waals surface area contributed by atoms with Crippen LogP contribution in [0.4, 0.5) is 19.0 Å². The van der Waals surface area contributed by atoms with Crippen molar-refractivity contribution in [2.24, 2.45) is 5.92 Å². The summed E-state index contributed by atoms with van der Waals surface area (Å²) in [5.41, 5.74) is -0.839. The Morgan fingerprint density at radius 3 is 2.59 bits per heavy atom. The second-order valence-corrected chi connectivity index (χ2v) is 4.44. The number of hydrogen-bond donors (Lipinski definition) is 1. The molecular weight excluding hydrogens is 229 g/mol. The number of halogens is 3. The Hall–Kier alpha value is -1.26. The van der Waals surface area contributed by atoms with E-state index >= 15 is 0 Å². The van der Waals surface area contributed by atoms with Gasteiger partial charge in [0.1, 0.15) is 11.5 Å². The van der Waals surface area contributed by atoms with Gasteiger partial charge in [-0.1, -0.05) is 18.9 Å². The first-order valence-corrected chi connectivity index (χ1v) is 5.84. The van der Waals surface area contributed by atoms with Crippen LogP contribution in [0.1, 0.15) is 31.4 Å². The van der Waals surface area contributed by atoms with Crippen molar-refractivity contribution in [2.45, 2.75) is 31.9 Å². The highest BCUT2D eigenvalue weighted by Gasteiger charge is 2.32. The lowest BCUT2D eigenvalue weighted by Crippen LogP contribution is -2.14. The van der Waals surface area contributed by atoms with E-state index in [4.69, 9.17) is 0 Å². The van der Waals surface area contributed by atoms with Gasteiger partial charge in [-0.3, -0.25) is 0 Å². The minimum Gasteiger partial charge on any atom is -0.370 e. The van der Waals surface area contributed by atoms with E-state index in [2.05, 4.69) is 10.3 Å². The maximum atomic E-state index is 12.4. The Morgan fingerprint density at radius 2 is 1.94 bits per heavy atom. The third kappa shape index (κ3) is 3.35. The van der Waals surface area contributed by atoms with E-state index in [9.17, 15) is 13.2 Å². The summed E-state index contributed by atoms with van der Waals surface area (Å²) in [7, 11) is 0. The predicted octanol–water partition coefficient (Wildman–Crippen LogP) is 3.70. The van der Waals surface area contributed by atoms with Gasteiger partial charge in [0.2, 0.25) is 0 Å². The Morgan fingerprint density at radius 1 is 1.24 bits per heavy atom. The molecule has 0 spiro atoms. The molecule has 1 aliphatic carbocycles. The number of aromatic nitrogens is 1. The molecule has 94 valence electrons. The molecule has 1 aromatic rings. The highest BCUT2D eigenvalue weighted by atomic mass is 19.4. The average molecular weight is 244 g/mol. The maximum Gasteiger partial charge on any atom is 0.433 e. The van der Waals surface area contributed by atoms with Crippen LogP contribution in [0.5, 0.6) is 0 Å². The molecule has 0 bridgehead atoms. The van der Waals surface area contributed by atoms with Crippen molar-refractivity contribution in [3.05, 3.63) is 23.9 Å².